The van der Waals surface area contributed by atoms with Crippen molar-refractivity contribution in [3.05, 3.63) is 29.7 Å². The van der Waals surface area contributed by atoms with Crippen molar-refractivity contribution in [2.45, 2.75) is 88.9 Å². The van der Waals surface area contributed by atoms with Crippen molar-refractivity contribution in [1.29, 1.82) is 0 Å². The highest BCUT2D eigenvalue weighted by Crippen LogP contribution is 2.65. The maximum atomic E-state index is 13.8. The molecule has 5 rings (SSSR count). The van der Waals surface area contributed by atoms with Crippen LogP contribution >= 0.6 is 0 Å². The lowest BCUT2D eigenvalue weighted by Crippen LogP contribution is -2.39. The van der Waals surface area contributed by atoms with Crippen LogP contribution in [0.15, 0.2) is 18.5 Å². The SMILES string of the molecule is O=C(CCC(F)(F)F)NCc1cnn2cc([C@@H](NC(=O)[C@H]3CC34CCC4)C3CCC(F)(F)CC3)nc2c1. The Morgan fingerprint density at radius 3 is 2.51 bits per heavy atom. The molecule has 0 aromatic carbocycles. The van der Waals surface area contributed by atoms with E-state index in [2.05, 4.69) is 20.7 Å². The molecule has 3 fully saturated rings. The molecule has 2 aromatic rings. The summed E-state index contributed by atoms with van der Waals surface area (Å²) in [6.07, 6.45) is 1.08. The van der Waals surface area contributed by atoms with Gasteiger partial charge in [0.2, 0.25) is 17.7 Å². The smallest absolute Gasteiger partial charge is 0.352 e. The lowest BCUT2D eigenvalue weighted by atomic mass is 9.79. The van der Waals surface area contributed by atoms with Gasteiger partial charge in [0.05, 0.1) is 30.6 Å². The molecule has 7 nitrogen and oxygen atoms in total. The molecule has 2 atom stereocenters. The highest BCUT2D eigenvalue weighted by atomic mass is 19.4. The van der Waals surface area contributed by atoms with E-state index in [-0.39, 0.29) is 55.4 Å². The van der Waals surface area contributed by atoms with E-state index in [1.54, 1.807) is 12.3 Å². The Labute approximate surface area is 210 Å². The zero-order valence-corrected chi connectivity index (χ0v) is 20.3. The highest BCUT2D eigenvalue weighted by Gasteiger charge is 2.61. The van der Waals surface area contributed by atoms with Crippen LogP contribution in [0.4, 0.5) is 22.0 Å². The number of nitrogens with one attached hydrogen (secondary N) is 2. The fourth-order valence-electron chi connectivity index (χ4n) is 5.71. The molecule has 3 aliphatic carbocycles. The van der Waals surface area contributed by atoms with E-state index in [4.69, 9.17) is 0 Å². The van der Waals surface area contributed by atoms with Crippen LogP contribution < -0.4 is 10.6 Å². The quantitative estimate of drug-likeness (QED) is 0.480. The van der Waals surface area contributed by atoms with Gasteiger partial charge in [-0.3, -0.25) is 9.59 Å². The summed E-state index contributed by atoms with van der Waals surface area (Å²) in [5.74, 6) is -3.68. The van der Waals surface area contributed by atoms with E-state index in [0.717, 1.165) is 25.7 Å². The van der Waals surface area contributed by atoms with Crippen molar-refractivity contribution in [2.24, 2.45) is 17.3 Å². The molecule has 2 heterocycles. The minimum Gasteiger partial charge on any atom is -0.352 e. The Balaban J connectivity index is 1.29. The van der Waals surface area contributed by atoms with E-state index in [1.807, 2.05) is 0 Å². The molecule has 202 valence electrons. The Morgan fingerprint density at radius 2 is 1.89 bits per heavy atom. The molecule has 2 N–H and O–H groups in total. The minimum absolute atomic E-state index is 0.00990. The number of carbonyl (C=O) groups excluding carboxylic acids is 2. The Hall–Kier alpha value is -2.79. The summed E-state index contributed by atoms with van der Waals surface area (Å²) in [5, 5.41) is 9.84. The van der Waals surface area contributed by atoms with E-state index in [0.29, 0.717) is 16.9 Å². The molecule has 0 unspecified atom stereocenters. The lowest BCUT2D eigenvalue weighted by Gasteiger charge is -2.34. The van der Waals surface area contributed by atoms with Gasteiger partial charge in [-0.25, -0.2) is 18.3 Å². The first-order valence-corrected chi connectivity index (χ1v) is 12.8. The Morgan fingerprint density at radius 1 is 1.16 bits per heavy atom. The Kier molecular flexibility index (Phi) is 6.64. The second-order valence-corrected chi connectivity index (χ2v) is 10.9. The van der Waals surface area contributed by atoms with E-state index < -0.39 is 36.9 Å². The van der Waals surface area contributed by atoms with Crippen molar-refractivity contribution in [3.63, 3.8) is 0 Å². The molecule has 2 amide bonds. The van der Waals surface area contributed by atoms with Crippen LogP contribution in [0.3, 0.4) is 0 Å². The number of hydrogen-bond donors (Lipinski definition) is 2. The van der Waals surface area contributed by atoms with Crippen molar-refractivity contribution < 1.29 is 31.5 Å². The summed E-state index contributed by atoms with van der Waals surface area (Å²) in [6, 6.07) is 1.13. The van der Waals surface area contributed by atoms with E-state index >= 15 is 0 Å². The standard InChI is InChI=1S/C25H30F5N5O2/c26-24(27)7-2-16(3-8-24)21(34-22(37)17-11-23(17)5-1-6-23)18-14-35-19(33-18)10-15(13-32-35)12-31-20(36)4-9-25(28,29)30/h10,13-14,16-17,21H,1-9,11-12H2,(H,31,36)(H,34,37)/t17-,21+/m1/s1. The van der Waals surface area contributed by atoms with Crippen LogP contribution in [0, 0.1) is 17.3 Å². The molecule has 0 aliphatic heterocycles. The maximum absolute atomic E-state index is 13.8. The van der Waals surface area contributed by atoms with Crippen LogP contribution in [0.2, 0.25) is 0 Å². The number of alkyl halides is 5. The summed E-state index contributed by atoms with van der Waals surface area (Å²) in [5.41, 5.74) is 1.64. The summed E-state index contributed by atoms with van der Waals surface area (Å²) < 4.78 is 66.1. The second kappa shape index (κ2) is 9.50. The minimum atomic E-state index is -4.40. The Bertz CT molecular complexity index is 1170. The van der Waals surface area contributed by atoms with Crippen molar-refractivity contribution >= 4 is 17.5 Å². The van der Waals surface area contributed by atoms with Gasteiger partial charge in [0.15, 0.2) is 5.65 Å². The van der Waals surface area contributed by atoms with Gasteiger partial charge < -0.3 is 10.6 Å². The number of carbonyl (C=O) groups is 2. The highest BCUT2D eigenvalue weighted by molar-refractivity contribution is 5.83. The maximum Gasteiger partial charge on any atom is 0.389 e. The fourth-order valence-corrected chi connectivity index (χ4v) is 5.71. The summed E-state index contributed by atoms with van der Waals surface area (Å²) in [7, 11) is 0. The first-order chi connectivity index (χ1) is 17.4. The van der Waals surface area contributed by atoms with Gasteiger partial charge in [0.1, 0.15) is 0 Å². The molecule has 0 bridgehead atoms. The van der Waals surface area contributed by atoms with Gasteiger partial charge in [-0.05, 0) is 55.1 Å². The number of aromatic nitrogens is 3. The number of rotatable bonds is 8. The second-order valence-electron chi connectivity index (χ2n) is 10.9. The molecule has 1 spiro atoms. The van der Waals surface area contributed by atoms with Crippen molar-refractivity contribution in [3.8, 4) is 0 Å². The van der Waals surface area contributed by atoms with Crippen LogP contribution in [0.25, 0.3) is 5.65 Å². The van der Waals surface area contributed by atoms with Gasteiger partial charge >= 0.3 is 6.18 Å². The predicted octanol–water partition coefficient (Wildman–Crippen LogP) is 4.86. The van der Waals surface area contributed by atoms with Crippen LogP contribution in [-0.4, -0.2) is 38.5 Å². The number of imidazole rings is 1. The summed E-state index contributed by atoms with van der Waals surface area (Å²) in [4.78, 5) is 29.4. The number of nitrogens with zero attached hydrogens (tertiary/aromatic N) is 3. The third kappa shape index (κ3) is 5.87. The van der Waals surface area contributed by atoms with E-state index in [9.17, 15) is 31.5 Å². The fraction of sp³-hybridized carbons (Fsp3) is 0.680. The summed E-state index contributed by atoms with van der Waals surface area (Å²) >= 11 is 0. The van der Waals surface area contributed by atoms with Crippen molar-refractivity contribution in [2.75, 3.05) is 0 Å². The van der Waals surface area contributed by atoms with Crippen molar-refractivity contribution in [1.82, 2.24) is 25.2 Å². The normalized spacial score (nSPS) is 23.4. The molecular weight excluding hydrogens is 497 g/mol. The number of halogens is 5. The zero-order valence-electron chi connectivity index (χ0n) is 20.3. The van der Waals surface area contributed by atoms with Gasteiger partial charge in [-0.1, -0.05) is 6.42 Å². The van der Waals surface area contributed by atoms with Crippen LogP contribution in [0.1, 0.15) is 81.5 Å². The molecule has 3 aliphatic rings. The van der Waals surface area contributed by atoms with Crippen LogP contribution in [-0.2, 0) is 16.1 Å². The average Bonchev–Trinajstić information content (AvgIpc) is 3.46. The first kappa shape index (κ1) is 25.8. The molecule has 0 saturated heterocycles. The average molecular weight is 528 g/mol. The third-order valence-corrected chi connectivity index (χ3v) is 8.23. The monoisotopic (exact) mass is 527 g/mol. The number of hydrogen-bond acceptors (Lipinski definition) is 4. The van der Waals surface area contributed by atoms with Gasteiger partial charge in [-0.2, -0.15) is 18.3 Å². The third-order valence-electron chi connectivity index (χ3n) is 8.23. The topological polar surface area (TPSA) is 88.4 Å². The molecule has 12 heteroatoms. The van der Waals surface area contributed by atoms with Crippen LogP contribution in [0.5, 0.6) is 0 Å². The number of amides is 2. The predicted molar refractivity (Wildman–Crippen MR) is 122 cm³/mol. The largest absolute Gasteiger partial charge is 0.389 e. The van der Waals surface area contributed by atoms with Gasteiger partial charge in [0, 0.05) is 31.7 Å². The van der Waals surface area contributed by atoms with Gasteiger partial charge in [-0.15, -0.1) is 0 Å². The molecule has 0 radical (unpaired) electrons. The first-order valence-electron chi connectivity index (χ1n) is 12.8. The molecule has 37 heavy (non-hydrogen) atoms. The molecule has 2 aromatic heterocycles. The molecular formula is C25H30F5N5O2. The number of fused-ring (bicyclic) bond motifs is 1. The lowest BCUT2D eigenvalue weighted by molar-refractivity contribution is -0.144. The zero-order chi connectivity index (χ0) is 26.4. The molecule has 3 saturated carbocycles. The van der Waals surface area contributed by atoms with Gasteiger partial charge in [0.25, 0.3) is 0 Å². The summed E-state index contributed by atoms with van der Waals surface area (Å²) in [6.45, 7) is -0.00990. The van der Waals surface area contributed by atoms with E-state index in [1.165, 1.54) is 10.7 Å².